The van der Waals surface area contributed by atoms with Crippen molar-refractivity contribution in [2.45, 2.75) is 52.7 Å². The minimum absolute atomic E-state index is 0.128. The zero-order valence-corrected chi connectivity index (χ0v) is 14.6. The predicted octanol–water partition coefficient (Wildman–Crippen LogP) is 3.46. The minimum atomic E-state index is -1.22. The van der Waals surface area contributed by atoms with Gasteiger partial charge in [-0.1, -0.05) is 0 Å². The van der Waals surface area contributed by atoms with Gasteiger partial charge in [-0.2, -0.15) is 4.90 Å². The second kappa shape index (κ2) is 6.86. The van der Waals surface area contributed by atoms with Crippen LogP contribution in [0.2, 0.25) is 0 Å². The highest BCUT2D eigenvalue weighted by atomic mass is 16.6. The summed E-state index contributed by atoms with van der Waals surface area (Å²) in [5.41, 5.74) is -1.85. The Balaban J connectivity index is 3.27. The molecule has 2 amide bonds. The van der Waals surface area contributed by atoms with Gasteiger partial charge in [0.05, 0.1) is 5.56 Å². The van der Waals surface area contributed by atoms with Crippen LogP contribution in [-0.2, 0) is 9.47 Å². The molecular formula is C16H22N2O6. The number of aromatic nitrogens is 1. The maximum atomic E-state index is 12.4. The van der Waals surface area contributed by atoms with Crippen molar-refractivity contribution < 1.29 is 29.0 Å². The number of carbonyl (C=O) groups is 3. The van der Waals surface area contributed by atoms with Gasteiger partial charge in [-0.25, -0.2) is 19.4 Å². The standard InChI is InChI=1S/C16H22N2O6/c1-15(2,3)23-13(21)18(14(22)24-16(4,5)6)11-9-10(12(19)20)7-8-17-11/h7-9H,1-6H3,(H,19,20). The summed E-state index contributed by atoms with van der Waals surface area (Å²) in [7, 11) is 0. The first kappa shape index (κ1) is 19.4. The number of hydrogen-bond acceptors (Lipinski definition) is 6. The Bertz CT molecular complexity index is 615. The lowest BCUT2D eigenvalue weighted by Gasteiger charge is -2.28. The normalized spacial score (nSPS) is 11.6. The molecule has 1 aromatic heterocycles. The lowest BCUT2D eigenvalue weighted by molar-refractivity contribution is 0.0427. The van der Waals surface area contributed by atoms with Crippen molar-refractivity contribution in [3.8, 4) is 0 Å². The van der Waals surface area contributed by atoms with Gasteiger partial charge in [0.2, 0.25) is 0 Å². The molecule has 0 atom stereocenters. The van der Waals surface area contributed by atoms with Gasteiger partial charge in [0, 0.05) is 6.20 Å². The molecule has 0 aliphatic rings. The molecule has 0 aliphatic heterocycles. The van der Waals surface area contributed by atoms with Gasteiger partial charge in [-0.05, 0) is 53.7 Å². The first-order valence-corrected chi connectivity index (χ1v) is 7.25. The van der Waals surface area contributed by atoms with Crippen molar-refractivity contribution in [1.82, 2.24) is 4.98 Å². The zero-order chi connectivity index (χ0) is 18.7. The molecule has 8 nitrogen and oxygen atoms in total. The summed E-state index contributed by atoms with van der Waals surface area (Å²) in [6, 6.07) is 2.34. The maximum Gasteiger partial charge on any atom is 0.425 e. The summed E-state index contributed by atoms with van der Waals surface area (Å²) in [4.78, 5) is 40.3. The van der Waals surface area contributed by atoms with Crippen molar-refractivity contribution in [2.75, 3.05) is 4.90 Å². The molecule has 0 unspecified atom stereocenters. The van der Waals surface area contributed by atoms with E-state index in [2.05, 4.69) is 4.98 Å². The van der Waals surface area contributed by atoms with Crippen LogP contribution in [0, 0.1) is 0 Å². The third-order valence-electron chi connectivity index (χ3n) is 2.37. The quantitative estimate of drug-likeness (QED) is 0.880. The maximum absolute atomic E-state index is 12.4. The molecule has 1 rings (SSSR count). The Morgan fingerprint density at radius 3 is 1.83 bits per heavy atom. The van der Waals surface area contributed by atoms with E-state index in [9.17, 15) is 14.4 Å². The van der Waals surface area contributed by atoms with Crippen LogP contribution >= 0.6 is 0 Å². The van der Waals surface area contributed by atoms with Gasteiger partial charge in [0.25, 0.3) is 0 Å². The Morgan fingerprint density at radius 2 is 1.46 bits per heavy atom. The fourth-order valence-corrected chi connectivity index (χ4v) is 1.55. The van der Waals surface area contributed by atoms with Gasteiger partial charge in [0.1, 0.15) is 17.0 Å². The molecule has 1 aromatic rings. The SMILES string of the molecule is CC(C)(C)OC(=O)N(C(=O)OC(C)(C)C)c1cc(C(=O)O)ccn1. The summed E-state index contributed by atoms with van der Waals surface area (Å²) in [6.07, 6.45) is -0.834. The Hall–Kier alpha value is -2.64. The van der Waals surface area contributed by atoms with Crippen LogP contribution in [0.1, 0.15) is 51.9 Å². The molecular weight excluding hydrogens is 316 g/mol. The van der Waals surface area contributed by atoms with Crippen LogP contribution in [0.4, 0.5) is 15.4 Å². The van der Waals surface area contributed by atoms with E-state index in [0.717, 1.165) is 6.07 Å². The number of nitrogens with zero attached hydrogens (tertiary/aromatic N) is 2. The van der Waals surface area contributed by atoms with E-state index >= 15 is 0 Å². The van der Waals surface area contributed by atoms with Crippen molar-refractivity contribution in [3.05, 3.63) is 23.9 Å². The number of aromatic carboxylic acids is 1. The summed E-state index contributed by atoms with van der Waals surface area (Å²) >= 11 is 0. The Labute approximate surface area is 140 Å². The molecule has 0 saturated heterocycles. The molecule has 0 aliphatic carbocycles. The molecule has 8 heteroatoms. The van der Waals surface area contributed by atoms with Crippen LogP contribution in [0.25, 0.3) is 0 Å². The predicted molar refractivity (Wildman–Crippen MR) is 86.1 cm³/mol. The molecule has 0 saturated carbocycles. The number of amides is 2. The smallest absolute Gasteiger partial charge is 0.425 e. The number of rotatable bonds is 2. The van der Waals surface area contributed by atoms with Crippen LogP contribution < -0.4 is 4.90 Å². The van der Waals surface area contributed by atoms with E-state index in [-0.39, 0.29) is 11.4 Å². The van der Waals surface area contributed by atoms with Crippen molar-refractivity contribution in [2.24, 2.45) is 0 Å². The average molecular weight is 338 g/mol. The number of carboxylic acids is 1. The van der Waals surface area contributed by atoms with E-state index in [1.165, 1.54) is 12.3 Å². The number of carbonyl (C=O) groups excluding carboxylic acids is 2. The second-order valence-electron chi connectivity index (χ2n) is 7.00. The van der Waals surface area contributed by atoms with E-state index in [0.29, 0.717) is 4.90 Å². The topological polar surface area (TPSA) is 106 Å². The molecule has 0 fully saturated rings. The number of hydrogen-bond donors (Lipinski definition) is 1. The van der Waals surface area contributed by atoms with Crippen molar-refractivity contribution in [3.63, 3.8) is 0 Å². The fourth-order valence-electron chi connectivity index (χ4n) is 1.55. The van der Waals surface area contributed by atoms with Crippen LogP contribution in [0.5, 0.6) is 0 Å². The van der Waals surface area contributed by atoms with Crippen LogP contribution in [0.15, 0.2) is 18.3 Å². The zero-order valence-electron chi connectivity index (χ0n) is 14.6. The number of imide groups is 1. The molecule has 132 valence electrons. The third kappa shape index (κ3) is 5.86. The van der Waals surface area contributed by atoms with Crippen LogP contribution in [0.3, 0.4) is 0 Å². The number of anilines is 1. The third-order valence-corrected chi connectivity index (χ3v) is 2.37. The Kier molecular flexibility index (Phi) is 5.54. The lowest BCUT2D eigenvalue weighted by Crippen LogP contribution is -2.44. The minimum Gasteiger partial charge on any atom is -0.478 e. The highest BCUT2D eigenvalue weighted by Gasteiger charge is 2.33. The molecule has 0 bridgehead atoms. The van der Waals surface area contributed by atoms with Crippen molar-refractivity contribution >= 4 is 24.0 Å². The van der Waals surface area contributed by atoms with E-state index in [1.54, 1.807) is 41.5 Å². The van der Waals surface area contributed by atoms with Gasteiger partial charge >= 0.3 is 18.2 Å². The number of ether oxygens (including phenoxy) is 2. The van der Waals surface area contributed by atoms with Gasteiger partial charge in [-0.3, -0.25) is 0 Å². The molecule has 0 aromatic carbocycles. The monoisotopic (exact) mass is 338 g/mol. The lowest BCUT2D eigenvalue weighted by atomic mass is 10.2. The first-order valence-electron chi connectivity index (χ1n) is 7.25. The number of pyridine rings is 1. The Morgan fingerprint density at radius 1 is 1.00 bits per heavy atom. The molecule has 24 heavy (non-hydrogen) atoms. The molecule has 0 radical (unpaired) electrons. The largest absolute Gasteiger partial charge is 0.478 e. The van der Waals surface area contributed by atoms with Gasteiger partial charge in [0.15, 0.2) is 0 Å². The van der Waals surface area contributed by atoms with Crippen molar-refractivity contribution in [1.29, 1.82) is 0 Å². The highest BCUT2D eigenvalue weighted by Crippen LogP contribution is 2.20. The molecule has 1 heterocycles. The summed E-state index contributed by atoms with van der Waals surface area (Å²) in [5, 5.41) is 9.06. The number of carboxylic acid groups (broad SMARTS) is 1. The fraction of sp³-hybridized carbons (Fsp3) is 0.500. The van der Waals surface area contributed by atoms with E-state index in [4.69, 9.17) is 14.6 Å². The van der Waals surface area contributed by atoms with E-state index in [1.807, 2.05) is 0 Å². The molecule has 1 N–H and O–H groups in total. The van der Waals surface area contributed by atoms with Gasteiger partial charge < -0.3 is 14.6 Å². The summed E-state index contributed by atoms with van der Waals surface area (Å²) < 4.78 is 10.4. The van der Waals surface area contributed by atoms with Crippen LogP contribution in [-0.4, -0.2) is 39.4 Å². The van der Waals surface area contributed by atoms with E-state index < -0.39 is 29.4 Å². The summed E-state index contributed by atoms with van der Waals surface area (Å²) in [6.45, 7) is 9.83. The highest BCUT2D eigenvalue weighted by molar-refractivity contribution is 6.09. The second-order valence-corrected chi connectivity index (χ2v) is 7.00. The first-order chi connectivity index (χ1) is 10.8. The molecule has 0 spiro atoms. The summed E-state index contributed by atoms with van der Waals surface area (Å²) in [5.74, 6) is -1.41. The van der Waals surface area contributed by atoms with Gasteiger partial charge in [-0.15, -0.1) is 0 Å². The average Bonchev–Trinajstić information content (AvgIpc) is 2.34.